The Labute approximate surface area is 167 Å². The summed E-state index contributed by atoms with van der Waals surface area (Å²) in [4.78, 5) is 24.2. The zero-order valence-electron chi connectivity index (χ0n) is 15.8. The van der Waals surface area contributed by atoms with Gasteiger partial charge in [0, 0.05) is 5.39 Å². The maximum atomic E-state index is 12.2. The van der Waals surface area contributed by atoms with Crippen molar-refractivity contribution in [1.82, 2.24) is 10.0 Å². The van der Waals surface area contributed by atoms with Crippen LogP contribution < -0.4 is 10.0 Å². The SMILES string of the molecule is CNS(=O)(=O)c1cccc(C(=O)OCC(=O)N[C@H](C)c2cc3ccccc3o2)c1. The van der Waals surface area contributed by atoms with Gasteiger partial charge in [-0.3, -0.25) is 4.79 Å². The average molecular weight is 416 g/mol. The van der Waals surface area contributed by atoms with Crippen molar-refractivity contribution >= 4 is 32.9 Å². The molecule has 29 heavy (non-hydrogen) atoms. The Morgan fingerprint density at radius 2 is 1.86 bits per heavy atom. The fraction of sp³-hybridized carbons (Fsp3) is 0.200. The molecule has 1 aromatic heterocycles. The second-order valence-electron chi connectivity index (χ2n) is 6.29. The van der Waals surface area contributed by atoms with E-state index in [4.69, 9.17) is 9.15 Å². The van der Waals surface area contributed by atoms with E-state index >= 15 is 0 Å². The van der Waals surface area contributed by atoms with Crippen molar-refractivity contribution in [3.05, 3.63) is 65.9 Å². The van der Waals surface area contributed by atoms with Crippen LogP contribution in [-0.2, 0) is 19.6 Å². The smallest absolute Gasteiger partial charge is 0.338 e. The standard InChI is InChI=1S/C20H20N2O6S/c1-13(18-11-14-6-3-4-9-17(14)28-18)22-19(23)12-27-20(24)15-7-5-8-16(10-15)29(25,26)21-2/h3-11,13,21H,12H2,1-2H3,(H,22,23)/t13-/m1/s1. The van der Waals surface area contributed by atoms with Gasteiger partial charge in [0.2, 0.25) is 10.0 Å². The molecule has 0 saturated carbocycles. The summed E-state index contributed by atoms with van der Waals surface area (Å²) in [6.07, 6.45) is 0. The molecule has 0 saturated heterocycles. The number of esters is 1. The molecule has 3 aromatic rings. The number of sulfonamides is 1. The molecule has 3 rings (SSSR count). The molecule has 0 bridgehead atoms. The molecular weight excluding hydrogens is 396 g/mol. The van der Waals surface area contributed by atoms with Gasteiger partial charge in [-0.1, -0.05) is 24.3 Å². The molecule has 1 heterocycles. The molecule has 1 amide bonds. The molecule has 2 N–H and O–H groups in total. The predicted octanol–water partition coefficient (Wildman–Crippen LogP) is 2.38. The minimum absolute atomic E-state index is 0.0273. The normalized spacial score (nSPS) is 12.5. The highest BCUT2D eigenvalue weighted by atomic mass is 32.2. The van der Waals surface area contributed by atoms with Gasteiger partial charge >= 0.3 is 5.97 Å². The zero-order valence-corrected chi connectivity index (χ0v) is 16.7. The molecule has 1 atom stereocenters. The number of furan rings is 1. The van der Waals surface area contributed by atoms with Crippen LogP contribution in [0, 0.1) is 0 Å². The van der Waals surface area contributed by atoms with Gasteiger partial charge in [-0.25, -0.2) is 17.9 Å². The molecule has 2 aromatic carbocycles. The molecule has 0 unspecified atom stereocenters. The number of rotatable bonds is 7. The molecule has 0 radical (unpaired) electrons. The van der Waals surface area contributed by atoms with Crippen molar-refractivity contribution in [1.29, 1.82) is 0 Å². The van der Waals surface area contributed by atoms with Crippen LogP contribution in [0.1, 0.15) is 29.1 Å². The summed E-state index contributed by atoms with van der Waals surface area (Å²) in [5.74, 6) is -0.731. The maximum Gasteiger partial charge on any atom is 0.338 e. The Kier molecular flexibility index (Phi) is 6.00. The second kappa shape index (κ2) is 8.46. The van der Waals surface area contributed by atoms with Gasteiger partial charge in [-0.2, -0.15) is 0 Å². The summed E-state index contributed by atoms with van der Waals surface area (Å²) in [6.45, 7) is 1.25. The topological polar surface area (TPSA) is 115 Å². The number of ether oxygens (including phenoxy) is 1. The summed E-state index contributed by atoms with van der Waals surface area (Å²) in [7, 11) is -2.42. The van der Waals surface area contributed by atoms with E-state index in [0.29, 0.717) is 11.3 Å². The molecule has 8 nitrogen and oxygen atoms in total. The minimum Gasteiger partial charge on any atom is -0.459 e. The quantitative estimate of drug-likeness (QED) is 0.572. The molecular formula is C20H20N2O6S. The largest absolute Gasteiger partial charge is 0.459 e. The third-order valence-electron chi connectivity index (χ3n) is 4.23. The Hall–Kier alpha value is -3.17. The van der Waals surface area contributed by atoms with E-state index in [-0.39, 0.29) is 10.5 Å². The third-order valence-corrected chi connectivity index (χ3v) is 5.64. The molecule has 0 spiro atoms. The van der Waals surface area contributed by atoms with Crippen molar-refractivity contribution < 1.29 is 27.2 Å². The van der Waals surface area contributed by atoms with Gasteiger partial charge in [-0.15, -0.1) is 0 Å². The first-order valence-electron chi connectivity index (χ1n) is 8.79. The van der Waals surface area contributed by atoms with E-state index in [2.05, 4.69) is 10.0 Å². The lowest BCUT2D eigenvalue weighted by atomic mass is 10.2. The number of hydrogen-bond acceptors (Lipinski definition) is 6. The van der Waals surface area contributed by atoms with Gasteiger partial charge < -0.3 is 14.5 Å². The highest BCUT2D eigenvalue weighted by Crippen LogP contribution is 2.23. The Morgan fingerprint density at radius 1 is 1.10 bits per heavy atom. The number of hydrogen-bond donors (Lipinski definition) is 2. The molecule has 9 heteroatoms. The van der Waals surface area contributed by atoms with Crippen molar-refractivity contribution in [3.63, 3.8) is 0 Å². The summed E-state index contributed by atoms with van der Waals surface area (Å²) < 4.78 is 36.5. The molecule has 0 aliphatic heterocycles. The number of para-hydroxylation sites is 1. The van der Waals surface area contributed by atoms with E-state index in [1.54, 1.807) is 6.92 Å². The molecule has 0 fully saturated rings. The molecule has 0 aliphatic carbocycles. The highest BCUT2D eigenvalue weighted by Gasteiger charge is 2.18. The van der Waals surface area contributed by atoms with Crippen LogP contribution in [0.4, 0.5) is 0 Å². The lowest BCUT2D eigenvalue weighted by molar-refractivity contribution is -0.125. The second-order valence-corrected chi connectivity index (χ2v) is 8.17. The number of carbonyl (C=O) groups excluding carboxylic acids is 2. The highest BCUT2D eigenvalue weighted by molar-refractivity contribution is 7.89. The van der Waals surface area contributed by atoms with E-state index in [0.717, 1.165) is 5.39 Å². The zero-order chi connectivity index (χ0) is 21.0. The van der Waals surface area contributed by atoms with Gasteiger partial charge in [0.15, 0.2) is 6.61 Å². The number of fused-ring (bicyclic) bond motifs is 1. The molecule has 0 aliphatic rings. The minimum atomic E-state index is -3.69. The number of amides is 1. The van der Waals surface area contributed by atoms with E-state index in [1.807, 2.05) is 30.3 Å². The lowest BCUT2D eigenvalue weighted by Crippen LogP contribution is -2.31. The number of benzene rings is 2. The van der Waals surface area contributed by atoms with Crippen molar-refractivity contribution in [3.8, 4) is 0 Å². The lowest BCUT2D eigenvalue weighted by Gasteiger charge is -2.12. The van der Waals surface area contributed by atoms with Crippen molar-refractivity contribution in [2.75, 3.05) is 13.7 Å². The average Bonchev–Trinajstić information content (AvgIpc) is 3.16. The van der Waals surface area contributed by atoms with Crippen LogP contribution in [0.15, 0.2) is 63.9 Å². The fourth-order valence-electron chi connectivity index (χ4n) is 2.69. The van der Waals surface area contributed by atoms with Crippen LogP contribution in [0.2, 0.25) is 0 Å². The first kappa shape index (κ1) is 20.6. The number of nitrogens with one attached hydrogen (secondary N) is 2. The Bertz CT molecular complexity index is 1120. The van der Waals surface area contributed by atoms with Crippen LogP contribution in [0.25, 0.3) is 11.0 Å². The summed E-state index contributed by atoms with van der Waals surface area (Å²) in [5.41, 5.74) is 0.742. The number of carbonyl (C=O) groups is 2. The van der Waals surface area contributed by atoms with Crippen molar-refractivity contribution in [2.45, 2.75) is 17.9 Å². The molecule has 152 valence electrons. The summed E-state index contributed by atoms with van der Waals surface area (Å²) in [5, 5.41) is 3.62. The van der Waals surface area contributed by atoms with Gasteiger partial charge in [0.1, 0.15) is 11.3 Å². The van der Waals surface area contributed by atoms with E-state index < -0.39 is 34.5 Å². The monoisotopic (exact) mass is 416 g/mol. The van der Waals surface area contributed by atoms with E-state index in [1.165, 1.54) is 31.3 Å². The van der Waals surface area contributed by atoms with Crippen LogP contribution in [-0.4, -0.2) is 33.9 Å². The third kappa shape index (κ3) is 4.82. The van der Waals surface area contributed by atoms with Crippen molar-refractivity contribution in [2.24, 2.45) is 0 Å². The van der Waals surface area contributed by atoms with Gasteiger partial charge in [0.25, 0.3) is 5.91 Å². The van der Waals surface area contributed by atoms with Crippen LogP contribution in [0.3, 0.4) is 0 Å². The summed E-state index contributed by atoms with van der Waals surface area (Å²) >= 11 is 0. The van der Waals surface area contributed by atoms with Crippen LogP contribution >= 0.6 is 0 Å². The Balaban J connectivity index is 1.59. The maximum absolute atomic E-state index is 12.2. The predicted molar refractivity (Wildman–Crippen MR) is 106 cm³/mol. The first-order valence-corrected chi connectivity index (χ1v) is 10.3. The van der Waals surface area contributed by atoms with Gasteiger partial charge in [0.05, 0.1) is 16.5 Å². The first-order chi connectivity index (χ1) is 13.8. The van der Waals surface area contributed by atoms with Crippen LogP contribution in [0.5, 0.6) is 0 Å². The van der Waals surface area contributed by atoms with Gasteiger partial charge in [-0.05, 0) is 44.3 Å². The Morgan fingerprint density at radius 3 is 2.59 bits per heavy atom. The summed E-state index contributed by atoms with van der Waals surface area (Å²) in [6, 6.07) is 14.3. The van der Waals surface area contributed by atoms with E-state index in [9.17, 15) is 18.0 Å². The fourth-order valence-corrected chi connectivity index (χ4v) is 3.47.